The Kier molecular flexibility index (Phi) is 3.02. The third-order valence-electron chi connectivity index (χ3n) is 1.12. The van der Waals surface area contributed by atoms with Gasteiger partial charge in [-0.25, -0.2) is 0 Å². The first kappa shape index (κ1) is 8.67. The summed E-state index contributed by atoms with van der Waals surface area (Å²) in [6.45, 7) is 0. The lowest BCUT2D eigenvalue weighted by molar-refractivity contribution is 0.458. The van der Waals surface area contributed by atoms with E-state index in [1.165, 1.54) is 18.2 Å². The van der Waals surface area contributed by atoms with Gasteiger partial charge in [0.1, 0.15) is 5.75 Å². The third-order valence-corrected chi connectivity index (χ3v) is 2.34. The minimum atomic E-state index is -0.236. The maximum atomic E-state index is 12.0. The van der Waals surface area contributed by atoms with Gasteiger partial charge in [-0.05, 0) is 12.1 Å². The highest BCUT2D eigenvalue weighted by Crippen LogP contribution is 2.38. The zero-order valence-corrected chi connectivity index (χ0v) is 6.88. The summed E-state index contributed by atoms with van der Waals surface area (Å²) in [6.07, 6.45) is 0. The summed E-state index contributed by atoms with van der Waals surface area (Å²) in [7, 11) is 0. The van der Waals surface area contributed by atoms with Crippen LogP contribution >= 0.6 is 24.3 Å². The number of hydrogen-bond donors (Lipinski definition) is 1. The van der Waals surface area contributed by atoms with Crippen LogP contribution in [-0.4, -0.2) is 5.11 Å². The number of phenols is 1. The molecule has 0 atom stereocenters. The van der Waals surface area contributed by atoms with Crippen LogP contribution in [0.2, 0.25) is 0 Å². The van der Waals surface area contributed by atoms with E-state index < -0.39 is 0 Å². The summed E-state index contributed by atoms with van der Waals surface area (Å²) in [5.74, 6) is -0.236. The lowest BCUT2D eigenvalue weighted by atomic mass is 10.3. The van der Waals surface area contributed by atoms with E-state index in [1.807, 2.05) is 0 Å². The predicted octanol–water partition coefficient (Wildman–Crippen LogP) is 3.35. The van der Waals surface area contributed by atoms with Crippen molar-refractivity contribution in [1.29, 1.82) is 0 Å². The van der Waals surface area contributed by atoms with Gasteiger partial charge in [-0.3, -0.25) is 0 Å². The summed E-state index contributed by atoms with van der Waals surface area (Å²) in [5, 5.41) is 8.98. The van der Waals surface area contributed by atoms with E-state index in [0.29, 0.717) is 0 Å². The Morgan fingerprint density at radius 2 is 1.91 bits per heavy atom. The molecule has 5 heteroatoms. The molecule has 0 spiro atoms. The average Bonchev–Trinajstić information content (AvgIpc) is 2.04. The van der Waals surface area contributed by atoms with Crippen molar-refractivity contribution in [2.24, 2.45) is 0 Å². The second-order valence-electron chi connectivity index (χ2n) is 1.76. The zero-order chi connectivity index (χ0) is 8.27. The van der Waals surface area contributed by atoms with E-state index in [4.69, 9.17) is 5.11 Å². The van der Waals surface area contributed by atoms with Crippen LogP contribution in [0.15, 0.2) is 28.0 Å². The number of halogens is 2. The van der Waals surface area contributed by atoms with Crippen molar-refractivity contribution in [1.82, 2.24) is 0 Å². The summed E-state index contributed by atoms with van der Waals surface area (Å²) in [6, 6.07) is 4.16. The number of hydrogen-bond acceptors (Lipinski definition) is 3. The highest BCUT2D eigenvalue weighted by Gasteiger charge is 2.08. The fourth-order valence-electron chi connectivity index (χ4n) is 0.643. The molecule has 0 saturated carbocycles. The molecule has 0 fully saturated rings. The van der Waals surface area contributed by atoms with Crippen LogP contribution < -0.4 is 0 Å². The maximum absolute atomic E-state index is 12.0. The molecule has 1 nitrogen and oxygen atoms in total. The molecular formula is C6H4F2OS2. The Morgan fingerprint density at radius 3 is 2.36 bits per heavy atom. The quantitative estimate of drug-likeness (QED) is 0.779. The molecule has 1 N–H and O–H groups in total. The minimum absolute atomic E-state index is 0.0694. The van der Waals surface area contributed by atoms with E-state index >= 15 is 0 Å². The van der Waals surface area contributed by atoms with Crippen LogP contribution in [0, 0.1) is 0 Å². The first-order valence-corrected chi connectivity index (χ1v) is 4.12. The van der Waals surface area contributed by atoms with Gasteiger partial charge in [0.25, 0.3) is 0 Å². The largest absolute Gasteiger partial charge is 0.507 e. The molecule has 0 aliphatic carbocycles. The second-order valence-corrected chi connectivity index (χ2v) is 2.92. The third kappa shape index (κ3) is 1.78. The molecule has 1 aromatic rings. The molecule has 0 saturated heterocycles. The zero-order valence-electron chi connectivity index (χ0n) is 5.25. The number of aromatic hydroxyl groups is 1. The van der Waals surface area contributed by atoms with E-state index in [-0.39, 0.29) is 39.8 Å². The van der Waals surface area contributed by atoms with Crippen molar-refractivity contribution < 1.29 is 12.9 Å². The molecule has 60 valence electrons. The summed E-state index contributed by atoms with van der Waals surface area (Å²) in [4.78, 5) is 0.0255. The van der Waals surface area contributed by atoms with Crippen LogP contribution in [0.25, 0.3) is 0 Å². The standard InChI is InChI=1S/C6H4F2OS2/c7-10-5-3-1-2-4(9)6(5)11-8/h1-3,9H. The average molecular weight is 194 g/mol. The van der Waals surface area contributed by atoms with Gasteiger partial charge >= 0.3 is 0 Å². The van der Waals surface area contributed by atoms with Crippen molar-refractivity contribution in [3.05, 3.63) is 18.2 Å². The molecular weight excluding hydrogens is 190 g/mol. The highest BCUT2D eigenvalue weighted by atomic mass is 32.2. The van der Waals surface area contributed by atoms with Crippen LogP contribution in [0.3, 0.4) is 0 Å². The van der Waals surface area contributed by atoms with E-state index in [0.717, 1.165) is 0 Å². The van der Waals surface area contributed by atoms with Gasteiger partial charge in [-0.2, -0.15) is 7.77 Å². The first-order chi connectivity index (χ1) is 5.29. The normalized spacial score (nSPS) is 10.0. The van der Waals surface area contributed by atoms with Crippen molar-refractivity contribution in [2.45, 2.75) is 9.79 Å². The molecule has 0 heterocycles. The molecule has 0 amide bonds. The predicted molar refractivity (Wildman–Crippen MR) is 42.0 cm³/mol. The van der Waals surface area contributed by atoms with E-state index in [9.17, 15) is 7.77 Å². The van der Waals surface area contributed by atoms with Crippen molar-refractivity contribution in [3.8, 4) is 5.75 Å². The van der Waals surface area contributed by atoms with Crippen LogP contribution in [0.4, 0.5) is 7.77 Å². The summed E-state index contributed by atoms with van der Waals surface area (Å²) < 4.78 is 24.0. The molecule has 0 radical (unpaired) electrons. The SMILES string of the molecule is Oc1cccc(SF)c1SF. The molecule has 0 aromatic heterocycles. The Balaban J connectivity index is 3.13. The first-order valence-electron chi connectivity index (χ1n) is 2.68. The molecule has 1 aromatic carbocycles. The van der Waals surface area contributed by atoms with E-state index in [2.05, 4.69) is 0 Å². The lowest BCUT2D eigenvalue weighted by Crippen LogP contribution is -1.74. The monoisotopic (exact) mass is 194 g/mol. The minimum Gasteiger partial charge on any atom is -0.507 e. The summed E-state index contributed by atoms with van der Waals surface area (Å²) in [5.41, 5.74) is 0. The van der Waals surface area contributed by atoms with Crippen LogP contribution in [-0.2, 0) is 0 Å². The van der Waals surface area contributed by atoms with Gasteiger partial charge in [0.05, 0.1) is 34.1 Å². The smallest absolute Gasteiger partial charge is 0.132 e. The maximum Gasteiger partial charge on any atom is 0.132 e. The Hall–Kier alpha value is -0.420. The van der Waals surface area contributed by atoms with Crippen molar-refractivity contribution >= 4 is 24.3 Å². The van der Waals surface area contributed by atoms with Gasteiger partial charge in [-0.15, -0.1) is 0 Å². The fraction of sp³-hybridized carbons (Fsp3) is 0. The van der Waals surface area contributed by atoms with E-state index in [1.54, 1.807) is 0 Å². The second kappa shape index (κ2) is 3.82. The topological polar surface area (TPSA) is 20.2 Å². The number of phenolic OH excluding ortho intramolecular Hbond substituents is 1. The Bertz CT molecular complexity index is 254. The van der Waals surface area contributed by atoms with Crippen LogP contribution in [0.5, 0.6) is 5.75 Å². The molecule has 11 heavy (non-hydrogen) atoms. The van der Waals surface area contributed by atoms with Gasteiger partial charge in [-0.1, -0.05) is 6.07 Å². The van der Waals surface area contributed by atoms with Gasteiger partial charge in [0.15, 0.2) is 0 Å². The Labute approximate surface area is 71.4 Å². The molecule has 0 aliphatic rings. The lowest BCUT2D eigenvalue weighted by Gasteiger charge is -2.00. The fourth-order valence-corrected chi connectivity index (χ4v) is 1.43. The molecule has 0 bridgehead atoms. The van der Waals surface area contributed by atoms with Crippen LogP contribution in [0.1, 0.15) is 0 Å². The van der Waals surface area contributed by atoms with Crippen molar-refractivity contribution in [3.63, 3.8) is 0 Å². The number of benzene rings is 1. The molecule has 0 unspecified atom stereocenters. The van der Waals surface area contributed by atoms with Gasteiger partial charge in [0, 0.05) is 0 Å². The molecule has 1 rings (SSSR count). The summed E-state index contributed by atoms with van der Waals surface area (Å²) >= 11 is -0.251. The number of rotatable bonds is 2. The van der Waals surface area contributed by atoms with Gasteiger partial charge < -0.3 is 5.11 Å². The van der Waals surface area contributed by atoms with Crippen molar-refractivity contribution in [2.75, 3.05) is 0 Å². The van der Waals surface area contributed by atoms with Gasteiger partial charge in [0.2, 0.25) is 0 Å². The Morgan fingerprint density at radius 1 is 1.18 bits per heavy atom. The highest BCUT2D eigenvalue weighted by molar-refractivity contribution is 7.97. The molecule has 0 aliphatic heterocycles.